The number of halogens is 1. The van der Waals surface area contributed by atoms with Gasteiger partial charge in [-0.25, -0.2) is 9.97 Å². The predicted molar refractivity (Wildman–Crippen MR) is 84.6 cm³/mol. The van der Waals surface area contributed by atoms with Gasteiger partial charge in [-0.2, -0.15) is 0 Å². The van der Waals surface area contributed by atoms with Gasteiger partial charge in [-0.05, 0) is 20.9 Å². The Bertz CT molecular complexity index is 473. The maximum atomic E-state index is 6.10. The first-order valence-electron chi connectivity index (χ1n) is 7.23. The summed E-state index contributed by atoms with van der Waals surface area (Å²) in [5, 5.41) is 0. The maximum Gasteiger partial charge on any atom is 0.131 e. The van der Waals surface area contributed by atoms with Crippen LogP contribution in [0.1, 0.15) is 45.1 Å². The molecule has 1 aliphatic rings. The molecule has 4 nitrogen and oxygen atoms in total. The zero-order chi connectivity index (χ0) is 14.9. The van der Waals surface area contributed by atoms with Crippen molar-refractivity contribution in [3.05, 3.63) is 17.7 Å². The highest BCUT2D eigenvalue weighted by Crippen LogP contribution is 2.27. The summed E-state index contributed by atoms with van der Waals surface area (Å²) in [5.41, 5.74) is 2.19. The molecule has 1 aromatic rings. The van der Waals surface area contributed by atoms with E-state index < -0.39 is 0 Å². The van der Waals surface area contributed by atoms with Gasteiger partial charge in [-0.3, -0.25) is 4.90 Å². The fraction of sp³-hybridized carbons (Fsp3) is 0.733. The summed E-state index contributed by atoms with van der Waals surface area (Å²) in [4.78, 5) is 13.9. The van der Waals surface area contributed by atoms with Crippen LogP contribution < -0.4 is 4.90 Å². The molecular formula is C15H25ClN4. The van der Waals surface area contributed by atoms with E-state index in [0.717, 1.165) is 36.8 Å². The summed E-state index contributed by atoms with van der Waals surface area (Å²) in [6, 6.07) is 0. The molecule has 112 valence electrons. The molecule has 1 aliphatic heterocycles. The van der Waals surface area contributed by atoms with Crippen LogP contribution in [0.25, 0.3) is 0 Å². The minimum absolute atomic E-state index is 0.151. The summed E-state index contributed by atoms with van der Waals surface area (Å²) < 4.78 is 0. The highest BCUT2D eigenvalue weighted by molar-refractivity contribution is 6.17. The smallest absolute Gasteiger partial charge is 0.131 e. The molecule has 0 spiro atoms. The number of likely N-dealkylation sites (N-methyl/N-ethyl adjacent to an activating group) is 1. The third-order valence-corrected chi connectivity index (χ3v) is 4.42. The van der Waals surface area contributed by atoms with Crippen LogP contribution in [0.15, 0.2) is 6.20 Å². The maximum absolute atomic E-state index is 6.10. The summed E-state index contributed by atoms with van der Waals surface area (Å²) in [6.45, 7) is 11.7. The Balaban J connectivity index is 2.29. The van der Waals surface area contributed by atoms with Crippen molar-refractivity contribution in [2.75, 3.05) is 31.6 Å². The molecule has 0 atom stereocenters. The van der Waals surface area contributed by atoms with E-state index in [-0.39, 0.29) is 5.54 Å². The third-order valence-electron chi connectivity index (χ3n) is 4.16. The van der Waals surface area contributed by atoms with Crippen molar-refractivity contribution < 1.29 is 0 Å². The Morgan fingerprint density at radius 2 is 2.05 bits per heavy atom. The molecule has 1 saturated heterocycles. The molecule has 5 heteroatoms. The number of hydrogen-bond donors (Lipinski definition) is 0. The van der Waals surface area contributed by atoms with Crippen LogP contribution in [0.4, 0.5) is 5.69 Å². The molecule has 20 heavy (non-hydrogen) atoms. The van der Waals surface area contributed by atoms with Gasteiger partial charge >= 0.3 is 0 Å². The van der Waals surface area contributed by atoms with Crippen LogP contribution in [0.5, 0.6) is 0 Å². The number of hydrogen-bond acceptors (Lipinski definition) is 4. The second-order valence-corrected chi connectivity index (χ2v) is 6.77. The molecule has 0 saturated carbocycles. The molecule has 0 N–H and O–H groups in total. The van der Waals surface area contributed by atoms with E-state index in [2.05, 4.69) is 54.5 Å². The van der Waals surface area contributed by atoms with Gasteiger partial charge in [0.1, 0.15) is 5.82 Å². The van der Waals surface area contributed by atoms with E-state index in [0.29, 0.717) is 11.8 Å². The van der Waals surface area contributed by atoms with Crippen LogP contribution in [-0.2, 0) is 5.88 Å². The Morgan fingerprint density at radius 1 is 1.35 bits per heavy atom. The largest absolute Gasteiger partial charge is 0.366 e. The summed E-state index contributed by atoms with van der Waals surface area (Å²) in [7, 11) is 2.18. The number of nitrogens with zero attached hydrogens (tertiary/aromatic N) is 4. The summed E-state index contributed by atoms with van der Waals surface area (Å²) >= 11 is 6.10. The number of alkyl halides is 1. The molecule has 0 aromatic carbocycles. The molecule has 0 bridgehead atoms. The second kappa shape index (κ2) is 5.86. The van der Waals surface area contributed by atoms with Gasteiger partial charge in [0.15, 0.2) is 0 Å². The average molecular weight is 297 g/mol. The molecular weight excluding hydrogens is 272 g/mol. The molecule has 1 aromatic heterocycles. The normalized spacial score (nSPS) is 19.6. The van der Waals surface area contributed by atoms with Gasteiger partial charge in [0.25, 0.3) is 0 Å². The topological polar surface area (TPSA) is 32.3 Å². The fourth-order valence-corrected chi connectivity index (χ4v) is 2.71. The van der Waals surface area contributed by atoms with Crippen molar-refractivity contribution in [2.45, 2.75) is 45.0 Å². The summed E-state index contributed by atoms with van der Waals surface area (Å²) in [5.74, 6) is 1.64. The Morgan fingerprint density at radius 3 is 2.60 bits per heavy atom. The molecule has 0 unspecified atom stereocenters. The third kappa shape index (κ3) is 3.07. The van der Waals surface area contributed by atoms with E-state index >= 15 is 0 Å². The molecule has 2 heterocycles. The minimum atomic E-state index is 0.151. The van der Waals surface area contributed by atoms with Gasteiger partial charge in [-0.15, -0.1) is 11.6 Å². The SMILES string of the molecule is CC(C)c1ncc(N2CCN(C)C(C)(C)C2)c(CCl)n1. The fourth-order valence-electron chi connectivity index (χ4n) is 2.51. The van der Waals surface area contributed by atoms with Crippen molar-refractivity contribution in [1.29, 1.82) is 0 Å². The minimum Gasteiger partial charge on any atom is -0.366 e. The van der Waals surface area contributed by atoms with Crippen LogP contribution in [-0.4, -0.2) is 47.1 Å². The van der Waals surface area contributed by atoms with E-state index in [1.54, 1.807) is 0 Å². The number of anilines is 1. The highest BCUT2D eigenvalue weighted by Gasteiger charge is 2.32. The standard InChI is InChI=1S/C15H25ClN4/c1-11(2)14-17-9-13(12(8-16)18-14)20-7-6-19(5)15(3,4)10-20/h9,11H,6-8,10H2,1-5H3. The van der Waals surface area contributed by atoms with Gasteiger partial charge in [0.2, 0.25) is 0 Å². The zero-order valence-electron chi connectivity index (χ0n) is 13.1. The van der Waals surface area contributed by atoms with Crippen molar-refractivity contribution in [1.82, 2.24) is 14.9 Å². The van der Waals surface area contributed by atoms with Crippen LogP contribution in [0, 0.1) is 0 Å². The zero-order valence-corrected chi connectivity index (χ0v) is 13.9. The van der Waals surface area contributed by atoms with Gasteiger partial charge in [-0.1, -0.05) is 13.8 Å². The average Bonchev–Trinajstić information content (AvgIpc) is 2.41. The van der Waals surface area contributed by atoms with Crippen molar-refractivity contribution in [3.63, 3.8) is 0 Å². The highest BCUT2D eigenvalue weighted by atomic mass is 35.5. The Kier molecular flexibility index (Phi) is 4.55. The van der Waals surface area contributed by atoms with Crippen molar-refractivity contribution >= 4 is 17.3 Å². The van der Waals surface area contributed by atoms with Crippen LogP contribution >= 0.6 is 11.6 Å². The van der Waals surface area contributed by atoms with Gasteiger partial charge < -0.3 is 4.90 Å². The van der Waals surface area contributed by atoms with E-state index in [1.165, 1.54) is 0 Å². The quantitative estimate of drug-likeness (QED) is 0.803. The van der Waals surface area contributed by atoms with Crippen molar-refractivity contribution in [3.8, 4) is 0 Å². The van der Waals surface area contributed by atoms with Crippen LogP contribution in [0.2, 0.25) is 0 Å². The predicted octanol–water partition coefficient (Wildman–Crippen LogP) is 2.87. The number of rotatable bonds is 3. The Labute approximate surface area is 127 Å². The van der Waals surface area contributed by atoms with Gasteiger partial charge in [0, 0.05) is 31.1 Å². The molecule has 0 radical (unpaired) electrons. The monoisotopic (exact) mass is 296 g/mol. The first kappa shape index (κ1) is 15.5. The van der Waals surface area contributed by atoms with Gasteiger partial charge in [0.05, 0.1) is 23.5 Å². The number of aromatic nitrogens is 2. The van der Waals surface area contributed by atoms with E-state index in [9.17, 15) is 0 Å². The Hall–Kier alpha value is -0.870. The first-order valence-corrected chi connectivity index (χ1v) is 7.76. The van der Waals surface area contributed by atoms with E-state index in [1.807, 2.05) is 6.20 Å². The lowest BCUT2D eigenvalue weighted by Crippen LogP contribution is -2.58. The number of piperazine rings is 1. The summed E-state index contributed by atoms with van der Waals surface area (Å²) in [6.07, 6.45) is 1.95. The van der Waals surface area contributed by atoms with Crippen molar-refractivity contribution in [2.24, 2.45) is 0 Å². The van der Waals surface area contributed by atoms with Crippen LogP contribution in [0.3, 0.4) is 0 Å². The second-order valence-electron chi connectivity index (χ2n) is 6.50. The lowest BCUT2D eigenvalue weighted by Gasteiger charge is -2.46. The first-order chi connectivity index (χ1) is 9.35. The molecule has 2 rings (SSSR count). The van der Waals surface area contributed by atoms with E-state index in [4.69, 9.17) is 11.6 Å². The molecule has 0 amide bonds. The lowest BCUT2D eigenvalue weighted by molar-refractivity contribution is 0.138. The molecule has 1 fully saturated rings. The lowest BCUT2D eigenvalue weighted by atomic mass is 9.99. The molecule has 0 aliphatic carbocycles.